The molecule has 1 heterocycles. The summed E-state index contributed by atoms with van der Waals surface area (Å²) in [6.07, 6.45) is 4.05. The highest BCUT2D eigenvalue weighted by Crippen LogP contribution is 2.28. The molecule has 0 atom stereocenters. The van der Waals surface area contributed by atoms with E-state index in [9.17, 15) is 9.59 Å². The second kappa shape index (κ2) is 4.53. The lowest BCUT2D eigenvalue weighted by Gasteiger charge is -2.20. The van der Waals surface area contributed by atoms with Crippen LogP contribution in [0.25, 0.3) is 10.9 Å². The number of nitrogens with zero attached hydrogens (tertiary/aromatic N) is 1. The predicted molar refractivity (Wildman–Crippen MR) is 73.9 cm³/mol. The zero-order valence-electron chi connectivity index (χ0n) is 10.6. The summed E-state index contributed by atoms with van der Waals surface area (Å²) >= 11 is 0. The van der Waals surface area contributed by atoms with E-state index in [2.05, 4.69) is 0 Å². The normalized spacial score (nSPS) is 16.9. The maximum atomic E-state index is 12.5. The summed E-state index contributed by atoms with van der Waals surface area (Å²) in [5, 5.41) is 0.905. The first-order chi connectivity index (χ1) is 9.16. The smallest absolute Gasteiger partial charge is 0.234 e. The van der Waals surface area contributed by atoms with E-state index < -0.39 is 0 Å². The third-order valence-corrected chi connectivity index (χ3v) is 3.87. The summed E-state index contributed by atoms with van der Waals surface area (Å²) in [5.41, 5.74) is 7.41. The Morgan fingerprint density at radius 3 is 2.63 bits per heavy atom. The highest BCUT2D eigenvalue weighted by Gasteiger charge is 2.26. The van der Waals surface area contributed by atoms with Crippen molar-refractivity contribution in [3.63, 3.8) is 0 Å². The first-order valence-corrected chi connectivity index (χ1v) is 6.58. The maximum absolute atomic E-state index is 12.5. The SMILES string of the molecule is Nc1cn(C(=O)C2CCC(=O)CC2)c2ccccc12. The number of benzene rings is 1. The van der Waals surface area contributed by atoms with Crippen molar-refractivity contribution >= 4 is 28.3 Å². The molecule has 0 radical (unpaired) electrons. The van der Waals surface area contributed by atoms with Crippen LogP contribution in [0, 0.1) is 5.92 Å². The average Bonchev–Trinajstić information content (AvgIpc) is 2.77. The van der Waals surface area contributed by atoms with Gasteiger partial charge in [-0.3, -0.25) is 14.2 Å². The molecule has 1 aliphatic carbocycles. The van der Waals surface area contributed by atoms with Crippen LogP contribution in [0.2, 0.25) is 0 Å². The molecule has 2 N–H and O–H groups in total. The quantitative estimate of drug-likeness (QED) is 0.853. The number of hydrogen-bond donors (Lipinski definition) is 1. The van der Waals surface area contributed by atoms with Gasteiger partial charge in [0.1, 0.15) is 5.78 Å². The van der Waals surface area contributed by atoms with Gasteiger partial charge in [0.2, 0.25) is 5.91 Å². The van der Waals surface area contributed by atoms with Crippen LogP contribution in [0.15, 0.2) is 30.5 Å². The maximum Gasteiger partial charge on any atom is 0.234 e. The number of ketones is 1. The van der Waals surface area contributed by atoms with Crippen molar-refractivity contribution in [2.75, 3.05) is 5.73 Å². The second-order valence-corrected chi connectivity index (χ2v) is 5.12. The van der Waals surface area contributed by atoms with Gasteiger partial charge in [-0.15, -0.1) is 0 Å². The molecule has 0 aliphatic heterocycles. The van der Waals surface area contributed by atoms with Crippen molar-refractivity contribution in [2.45, 2.75) is 25.7 Å². The third-order valence-electron chi connectivity index (χ3n) is 3.87. The number of hydrogen-bond acceptors (Lipinski definition) is 3. The van der Waals surface area contributed by atoms with Gasteiger partial charge < -0.3 is 5.73 Å². The number of Topliss-reactive ketones (excluding diaryl/α,β-unsaturated/α-hetero) is 1. The molecule has 0 amide bonds. The molecule has 4 nitrogen and oxygen atoms in total. The number of para-hydroxylation sites is 1. The number of anilines is 1. The van der Waals surface area contributed by atoms with Gasteiger partial charge in [0.25, 0.3) is 0 Å². The topological polar surface area (TPSA) is 65.1 Å². The summed E-state index contributed by atoms with van der Waals surface area (Å²) in [5.74, 6) is 0.259. The highest BCUT2D eigenvalue weighted by molar-refractivity contribution is 6.00. The van der Waals surface area contributed by atoms with Gasteiger partial charge in [-0.25, -0.2) is 0 Å². The lowest BCUT2D eigenvalue weighted by atomic mass is 9.88. The fourth-order valence-electron chi connectivity index (χ4n) is 2.77. The number of fused-ring (bicyclic) bond motifs is 1. The Balaban J connectivity index is 1.96. The summed E-state index contributed by atoms with van der Waals surface area (Å²) < 4.78 is 1.64. The minimum atomic E-state index is -0.0621. The van der Waals surface area contributed by atoms with Crippen LogP contribution in [-0.4, -0.2) is 16.3 Å². The van der Waals surface area contributed by atoms with Gasteiger partial charge in [0.05, 0.1) is 11.2 Å². The van der Waals surface area contributed by atoms with E-state index in [1.165, 1.54) is 0 Å². The third kappa shape index (κ3) is 2.03. The summed E-state index contributed by atoms with van der Waals surface area (Å²) in [7, 11) is 0. The number of aromatic nitrogens is 1. The molecule has 1 saturated carbocycles. The van der Waals surface area contributed by atoms with Crippen LogP contribution in [0.1, 0.15) is 30.5 Å². The lowest BCUT2D eigenvalue weighted by molar-refractivity contribution is -0.120. The molecule has 3 rings (SSSR count). The summed E-state index contributed by atoms with van der Waals surface area (Å²) in [6, 6.07) is 7.62. The van der Waals surface area contributed by atoms with Gasteiger partial charge in [-0.1, -0.05) is 18.2 Å². The molecule has 19 heavy (non-hydrogen) atoms. The standard InChI is InChI=1S/C15H16N2O2/c16-13-9-17(14-4-2-1-3-12(13)14)15(19)10-5-7-11(18)8-6-10/h1-4,9-10H,5-8,16H2. The first-order valence-electron chi connectivity index (χ1n) is 6.58. The molecule has 98 valence electrons. The minimum absolute atomic E-state index is 0.0559. The van der Waals surface area contributed by atoms with Gasteiger partial charge >= 0.3 is 0 Å². The molecule has 0 spiro atoms. The summed E-state index contributed by atoms with van der Waals surface area (Å²) in [6.45, 7) is 0. The molecule has 2 aromatic rings. The van der Waals surface area contributed by atoms with E-state index in [-0.39, 0.29) is 17.6 Å². The molecular formula is C15H16N2O2. The Morgan fingerprint density at radius 2 is 1.89 bits per heavy atom. The van der Waals surface area contributed by atoms with E-state index in [0.717, 1.165) is 10.9 Å². The van der Waals surface area contributed by atoms with Gasteiger partial charge in [0, 0.05) is 30.3 Å². The van der Waals surface area contributed by atoms with Crippen molar-refractivity contribution in [1.82, 2.24) is 4.57 Å². The Hall–Kier alpha value is -2.10. The van der Waals surface area contributed by atoms with Gasteiger partial charge in [0.15, 0.2) is 0 Å². The van der Waals surface area contributed by atoms with Crippen molar-refractivity contribution in [3.8, 4) is 0 Å². The van der Waals surface area contributed by atoms with E-state index >= 15 is 0 Å². The summed E-state index contributed by atoms with van der Waals surface area (Å²) in [4.78, 5) is 23.8. The van der Waals surface area contributed by atoms with Crippen molar-refractivity contribution in [1.29, 1.82) is 0 Å². The highest BCUT2D eigenvalue weighted by atomic mass is 16.2. The zero-order valence-corrected chi connectivity index (χ0v) is 10.6. The Kier molecular flexibility index (Phi) is 2.85. The second-order valence-electron chi connectivity index (χ2n) is 5.12. The molecule has 4 heteroatoms. The molecule has 1 fully saturated rings. The van der Waals surface area contributed by atoms with E-state index in [4.69, 9.17) is 5.73 Å². The van der Waals surface area contributed by atoms with Gasteiger partial charge in [-0.2, -0.15) is 0 Å². The average molecular weight is 256 g/mol. The Bertz CT molecular complexity index is 647. The molecule has 1 aliphatic rings. The van der Waals surface area contributed by atoms with Crippen molar-refractivity contribution in [2.24, 2.45) is 5.92 Å². The first kappa shape index (κ1) is 12.0. The zero-order chi connectivity index (χ0) is 13.4. The fraction of sp³-hybridized carbons (Fsp3) is 0.333. The van der Waals surface area contributed by atoms with Gasteiger partial charge in [-0.05, 0) is 18.9 Å². The fourth-order valence-corrected chi connectivity index (χ4v) is 2.77. The number of carbonyl (C=O) groups is 2. The Labute approximate surface area is 111 Å². The minimum Gasteiger partial charge on any atom is -0.397 e. The monoisotopic (exact) mass is 256 g/mol. The number of carbonyl (C=O) groups excluding carboxylic acids is 2. The molecule has 0 unspecified atom stereocenters. The molecule has 1 aromatic heterocycles. The van der Waals surface area contributed by atoms with Crippen LogP contribution in [-0.2, 0) is 4.79 Å². The molecule has 0 saturated heterocycles. The van der Waals surface area contributed by atoms with E-state index in [1.807, 2.05) is 24.3 Å². The van der Waals surface area contributed by atoms with Crippen LogP contribution >= 0.6 is 0 Å². The number of rotatable bonds is 1. The van der Waals surface area contributed by atoms with Crippen molar-refractivity contribution in [3.05, 3.63) is 30.5 Å². The largest absolute Gasteiger partial charge is 0.397 e. The number of nitrogens with two attached hydrogens (primary N) is 1. The van der Waals surface area contributed by atoms with Crippen molar-refractivity contribution < 1.29 is 9.59 Å². The van der Waals surface area contributed by atoms with Crippen LogP contribution < -0.4 is 5.73 Å². The molecule has 0 bridgehead atoms. The van der Waals surface area contributed by atoms with E-state index in [1.54, 1.807) is 10.8 Å². The molecule has 1 aromatic carbocycles. The Morgan fingerprint density at radius 1 is 1.21 bits per heavy atom. The predicted octanol–water partition coefficient (Wildman–Crippen LogP) is 2.62. The lowest BCUT2D eigenvalue weighted by Crippen LogP contribution is -2.25. The molecular weight excluding hydrogens is 240 g/mol. The van der Waals surface area contributed by atoms with Crippen LogP contribution in [0.4, 0.5) is 5.69 Å². The number of nitrogen functional groups attached to an aromatic ring is 1. The van der Waals surface area contributed by atoms with Crippen LogP contribution in [0.5, 0.6) is 0 Å². The van der Waals surface area contributed by atoms with Crippen LogP contribution in [0.3, 0.4) is 0 Å². The van der Waals surface area contributed by atoms with E-state index in [0.29, 0.717) is 31.4 Å².